The van der Waals surface area contributed by atoms with E-state index in [1.165, 1.54) is 0 Å². The second-order valence-corrected chi connectivity index (χ2v) is 6.97. The summed E-state index contributed by atoms with van der Waals surface area (Å²) in [5.41, 5.74) is 2.96. The molecule has 4 rings (SSSR count). The summed E-state index contributed by atoms with van der Waals surface area (Å²) in [6, 6.07) is 6.53. The molecular formula is C18H23N7. The smallest absolute Gasteiger partial charge is 0.183 e. The molecule has 3 heterocycles. The minimum Gasteiger partial charge on any atom is -0.352 e. The van der Waals surface area contributed by atoms with Gasteiger partial charge in [0.1, 0.15) is 0 Å². The zero-order valence-corrected chi connectivity index (χ0v) is 14.8. The Bertz CT molecular complexity index is 886. The summed E-state index contributed by atoms with van der Waals surface area (Å²) in [5.74, 6) is 2.13. The predicted molar refractivity (Wildman–Crippen MR) is 98.5 cm³/mol. The lowest BCUT2D eigenvalue weighted by Crippen LogP contribution is -2.53. The molecule has 7 nitrogen and oxygen atoms in total. The highest BCUT2D eigenvalue weighted by Gasteiger charge is 2.23. The van der Waals surface area contributed by atoms with Crippen LogP contribution in [0.5, 0.6) is 0 Å². The van der Waals surface area contributed by atoms with Crippen molar-refractivity contribution in [3.63, 3.8) is 0 Å². The summed E-state index contributed by atoms with van der Waals surface area (Å²) in [6.45, 7) is 9.33. The molecule has 1 aromatic carbocycles. The lowest BCUT2D eigenvalue weighted by atomic mass is 10.0. The standard InChI is InChI=1S/C18H23N7/c1-11(2)16-10-25(7-6-19-16)17-9-20-24-18(21-17)13-4-5-15-14(8-13)12(3)22-23-15/h4-5,8-9,11,16,19H,6-7,10H2,1-3H3,(H,22,23). The molecular weight excluding hydrogens is 314 g/mol. The number of aromatic nitrogens is 5. The summed E-state index contributed by atoms with van der Waals surface area (Å²) in [4.78, 5) is 7.07. The SMILES string of the molecule is Cc1[nH]nc2ccc(-c3nncc(N4CCNC(C(C)C)C4)n3)cc12. The fraction of sp³-hybridized carbons (Fsp3) is 0.444. The third kappa shape index (κ3) is 3.07. The van der Waals surface area contributed by atoms with Gasteiger partial charge >= 0.3 is 0 Å². The number of hydrogen-bond donors (Lipinski definition) is 2. The Morgan fingerprint density at radius 1 is 1.28 bits per heavy atom. The lowest BCUT2D eigenvalue weighted by Gasteiger charge is -2.36. The molecule has 0 spiro atoms. The quantitative estimate of drug-likeness (QED) is 0.762. The van der Waals surface area contributed by atoms with Gasteiger partial charge in [0.2, 0.25) is 0 Å². The van der Waals surface area contributed by atoms with Crippen molar-refractivity contribution in [1.82, 2.24) is 30.7 Å². The van der Waals surface area contributed by atoms with E-state index in [0.717, 1.165) is 47.6 Å². The Kier molecular flexibility index (Phi) is 4.09. The van der Waals surface area contributed by atoms with Crippen LogP contribution in [0.1, 0.15) is 19.5 Å². The Balaban J connectivity index is 1.65. The minimum atomic E-state index is 0.470. The molecule has 2 aromatic heterocycles. The predicted octanol–water partition coefficient (Wildman–Crippen LogP) is 2.16. The van der Waals surface area contributed by atoms with E-state index in [0.29, 0.717) is 17.8 Å². The molecule has 7 heteroatoms. The van der Waals surface area contributed by atoms with Crippen LogP contribution < -0.4 is 10.2 Å². The molecule has 1 saturated heterocycles. The number of fused-ring (bicyclic) bond motifs is 1. The molecule has 1 fully saturated rings. The van der Waals surface area contributed by atoms with Gasteiger partial charge in [0, 0.05) is 42.3 Å². The van der Waals surface area contributed by atoms with Crippen molar-refractivity contribution in [2.24, 2.45) is 5.92 Å². The lowest BCUT2D eigenvalue weighted by molar-refractivity contribution is 0.367. The highest BCUT2D eigenvalue weighted by molar-refractivity contribution is 5.85. The summed E-state index contributed by atoms with van der Waals surface area (Å²) in [7, 11) is 0. The van der Waals surface area contributed by atoms with Gasteiger partial charge in [-0.3, -0.25) is 5.10 Å². The minimum absolute atomic E-state index is 0.470. The van der Waals surface area contributed by atoms with Gasteiger partial charge in [-0.2, -0.15) is 10.2 Å². The first-order chi connectivity index (χ1) is 12.1. The van der Waals surface area contributed by atoms with Crippen molar-refractivity contribution in [2.75, 3.05) is 24.5 Å². The van der Waals surface area contributed by atoms with E-state index < -0.39 is 0 Å². The largest absolute Gasteiger partial charge is 0.352 e. The van der Waals surface area contributed by atoms with Crippen LogP contribution in [-0.2, 0) is 0 Å². The topological polar surface area (TPSA) is 82.6 Å². The summed E-state index contributed by atoms with van der Waals surface area (Å²) < 4.78 is 0. The van der Waals surface area contributed by atoms with Crippen molar-refractivity contribution in [3.05, 3.63) is 30.1 Å². The van der Waals surface area contributed by atoms with Crippen LogP contribution in [0.25, 0.3) is 22.3 Å². The number of nitrogens with one attached hydrogen (secondary N) is 2. The maximum absolute atomic E-state index is 4.78. The molecule has 3 aromatic rings. The molecule has 25 heavy (non-hydrogen) atoms. The molecule has 1 atom stereocenters. The number of aryl methyl sites for hydroxylation is 1. The number of hydrogen-bond acceptors (Lipinski definition) is 6. The first-order valence-electron chi connectivity index (χ1n) is 8.75. The zero-order chi connectivity index (χ0) is 17.4. The number of H-pyrrole nitrogens is 1. The van der Waals surface area contributed by atoms with Gasteiger partial charge in [-0.05, 0) is 31.0 Å². The molecule has 0 saturated carbocycles. The van der Waals surface area contributed by atoms with E-state index in [-0.39, 0.29) is 0 Å². The second-order valence-electron chi connectivity index (χ2n) is 6.97. The molecule has 0 radical (unpaired) electrons. The Morgan fingerprint density at radius 3 is 3.00 bits per heavy atom. The van der Waals surface area contributed by atoms with Crippen molar-refractivity contribution in [2.45, 2.75) is 26.8 Å². The van der Waals surface area contributed by atoms with Crippen LogP contribution in [-0.4, -0.2) is 51.1 Å². The van der Waals surface area contributed by atoms with Gasteiger partial charge in [0.25, 0.3) is 0 Å². The fourth-order valence-electron chi connectivity index (χ4n) is 3.28. The van der Waals surface area contributed by atoms with Gasteiger partial charge < -0.3 is 10.2 Å². The third-order valence-electron chi connectivity index (χ3n) is 4.88. The van der Waals surface area contributed by atoms with Crippen LogP contribution in [0.4, 0.5) is 5.82 Å². The Morgan fingerprint density at radius 2 is 2.16 bits per heavy atom. The van der Waals surface area contributed by atoms with Crippen molar-refractivity contribution in [3.8, 4) is 11.4 Å². The molecule has 0 bridgehead atoms. The number of benzene rings is 1. The van der Waals surface area contributed by atoms with Crippen molar-refractivity contribution in [1.29, 1.82) is 0 Å². The van der Waals surface area contributed by atoms with E-state index in [2.05, 4.69) is 50.5 Å². The number of nitrogens with zero attached hydrogens (tertiary/aromatic N) is 5. The van der Waals surface area contributed by atoms with E-state index in [1.807, 2.05) is 19.1 Å². The molecule has 0 aliphatic carbocycles. The van der Waals surface area contributed by atoms with Crippen LogP contribution in [0.15, 0.2) is 24.4 Å². The number of rotatable bonds is 3. The Labute approximate surface area is 146 Å². The molecule has 1 aliphatic rings. The summed E-state index contributed by atoms with van der Waals surface area (Å²) >= 11 is 0. The number of anilines is 1. The zero-order valence-electron chi connectivity index (χ0n) is 14.8. The highest BCUT2D eigenvalue weighted by atomic mass is 15.3. The maximum atomic E-state index is 4.78. The van der Waals surface area contributed by atoms with Crippen LogP contribution in [0.3, 0.4) is 0 Å². The average Bonchev–Trinajstić information content (AvgIpc) is 3.02. The fourth-order valence-corrected chi connectivity index (χ4v) is 3.28. The van der Waals surface area contributed by atoms with E-state index in [9.17, 15) is 0 Å². The third-order valence-corrected chi connectivity index (χ3v) is 4.88. The monoisotopic (exact) mass is 337 g/mol. The molecule has 2 N–H and O–H groups in total. The molecule has 130 valence electrons. The molecule has 1 unspecified atom stereocenters. The van der Waals surface area contributed by atoms with Gasteiger partial charge in [-0.15, -0.1) is 5.10 Å². The highest BCUT2D eigenvalue weighted by Crippen LogP contribution is 2.24. The Hall–Kier alpha value is -2.54. The van der Waals surface area contributed by atoms with Crippen LogP contribution in [0, 0.1) is 12.8 Å². The second kappa shape index (κ2) is 6.40. The van der Waals surface area contributed by atoms with Crippen molar-refractivity contribution >= 4 is 16.7 Å². The molecule has 1 aliphatic heterocycles. The maximum Gasteiger partial charge on any atom is 0.183 e. The summed E-state index contributed by atoms with van der Waals surface area (Å²) in [5, 5.41) is 20.4. The van der Waals surface area contributed by atoms with Crippen molar-refractivity contribution < 1.29 is 0 Å². The molecule has 0 amide bonds. The van der Waals surface area contributed by atoms with Crippen LogP contribution in [0.2, 0.25) is 0 Å². The van der Waals surface area contributed by atoms with Gasteiger partial charge in [-0.1, -0.05) is 13.8 Å². The van der Waals surface area contributed by atoms with Gasteiger partial charge in [-0.25, -0.2) is 4.98 Å². The average molecular weight is 337 g/mol. The number of piperazine rings is 1. The number of aromatic amines is 1. The first-order valence-corrected chi connectivity index (χ1v) is 8.75. The first kappa shape index (κ1) is 16.0. The van der Waals surface area contributed by atoms with E-state index >= 15 is 0 Å². The van der Waals surface area contributed by atoms with Gasteiger partial charge in [0.05, 0.1) is 11.7 Å². The van der Waals surface area contributed by atoms with E-state index in [1.54, 1.807) is 6.20 Å². The van der Waals surface area contributed by atoms with Gasteiger partial charge in [0.15, 0.2) is 11.6 Å². The normalized spacial score (nSPS) is 18.2. The van der Waals surface area contributed by atoms with E-state index in [4.69, 9.17) is 4.98 Å². The van der Waals surface area contributed by atoms with Crippen LogP contribution >= 0.6 is 0 Å². The summed E-state index contributed by atoms with van der Waals surface area (Å²) in [6.07, 6.45) is 1.76.